The molecule has 60 valence electrons. The second-order valence-electron chi connectivity index (χ2n) is 2.47. The Hall–Kier alpha value is -0.210. The highest BCUT2D eigenvalue weighted by Crippen LogP contribution is 2.34. The number of aromatic hydroxyl groups is 1. The number of hydrogen-bond acceptors (Lipinski definition) is 1. The summed E-state index contributed by atoms with van der Waals surface area (Å²) in [6.07, 6.45) is 0. The number of halogens is 2. The summed E-state index contributed by atoms with van der Waals surface area (Å²) in [4.78, 5) is 0. The van der Waals surface area contributed by atoms with Gasteiger partial charge in [-0.25, -0.2) is 0 Å². The van der Waals surface area contributed by atoms with Crippen molar-refractivity contribution in [3.63, 3.8) is 0 Å². The Morgan fingerprint density at radius 2 is 2.00 bits per heavy atom. The summed E-state index contributed by atoms with van der Waals surface area (Å²) in [7, 11) is 0. The van der Waals surface area contributed by atoms with Crippen LogP contribution in [0.2, 0.25) is 5.02 Å². The Bertz CT molecular complexity index is 270. The van der Waals surface area contributed by atoms with E-state index in [0.717, 1.165) is 15.6 Å². The normalized spacial score (nSPS) is 10.2. The highest BCUT2D eigenvalue weighted by Gasteiger charge is 2.07. The minimum atomic E-state index is 0.277. The molecule has 1 N–H and O–H groups in total. The molecule has 0 radical (unpaired) electrons. The molecule has 0 amide bonds. The SMILES string of the molecule is Cc1cc(O)c(C)c(Br)c1Cl. The summed E-state index contributed by atoms with van der Waals surface area (Å²) >= 11 is 9.19. The predicted octanol–water partition coefficient (Wildman–Crippen LogP) is 3.42. The van der Waals surface area contributed by atoms with Crippen LogP contribution in [0.3, 0.4) is 0 Å². The van der Waals surface area contributed by atoms with Crippen molar-refractivity contribution in [3.8, 4) is 5.75 Å². The van der Waals surface area contributed by atoms with E-state index >= 15 is 0 Å². The van der Waals surface area contributed by atoms with E-state index in [4.69, 9.17) is 11.6 Å². The van der Waals surface area contributed by atoms with Crippen molar-refractivity contribution in [1.29, 1.82) is 0 Å². The van der Waals surface area contributed by atoms with Gasteiger partial charge >= 0.3 is 0 Å². The molecule has 0 saturated carbocycles. The Morgan fingerprint density at radius 1 is 1.45 bits per heavy atom. The van der Waals surface area contributed by atoms with Crippen LogP contribution in [-0.4, -0.2) is 5.11 Å². The average Bonchev–Trinajstić information content (AvgIpc) is 1.97. The van der Waals surface area contributed by atoms with E-state index in [0.29, 0.717) is 5.02 Å². The van der Waals surface area contributed by atoms with Crippen LogP contribution in [0.15, 0.2) is 10.5 Å². The molecule has 1 nitrogen and oxygen atoms in total. The lowest BCUT2D eigenvalue weighted by molar-refractivity contribution is 0.470. The molecule has 0 aliphatic heterocycles. The summed E-state index contributed by atoms with van der Waals surface area (Å²) < 4.78 is 0.775. The van der Waals surface area contributed by atoms with Crippen molar-refractivity contribution in [2.75, 3.05) is 0 Å². The van der Waals surface area contributed by atoms with Crippen LogP contribution in [0, 0.1) is 13.8 Å². The standard InChI is InChI=1S/C8H8BrClO/c1-4-3-6(11)5(2)7(9)8(4)10/h3,11H,1-2H3. The number of rotatable bonds is 0. The Kier molecular flexibility index (Phi) is 2.45. The second-order valence-corrected chi connectivity index (χ2v) is 3.64. The van der Waals surface area contributed by atoms with Gasteiger partial charge in [0.2, 0.25) is 0 Å². The van der Waals surface area contributed by atoms with Gasteiger partial charge in [-0.3, -0.25) is 0 Å². The van der Waals surface area contributed by atoms with Crippen LogP contribution in [0.1, 0.15) is 11.1 Å². The van der Waals surface area contributed by atoms with Gasteiger partial charge in [-0.15, -0.1) is 0 Å². The van der Waals surface area contributed by atoms with Gasteiger partial charge in [0.25, 0.3) is 0 Å². The molecule has 0 fully saturated rings. The largest absolute Gasteiger partial charge is 0.508 e. The van der Waals surface area contributed by atoms with Crippen molar-refractivity contribution >= 4 is 27.5 Å². The third kappa shape index (κ3) is 1.52. The summed E-state index contributed by atoms with van der Waals surface area (Å²) in [5.41, 5.74) is 1.65. The summed E-state index contributed by atoms with van der Waals surface area (Å²) in [5.74, 6) is 0.277. The monoisotopic (exact) mass is 234 g/mol. The summed E-state index contributed by atoms with van der Waals surface area (Å²) in [5, 5.41) is 9.98. The fraction of sp³-hybridized carbons (Fsp3) is 0.250. The summed E-state index contributed by atoms with van der Waals surface area (Å²) in [6.45, 7) is 3.66. The van der Waals surface area contributed by atoms with Gasteiger partial charge in [0.1, 0.15) is 5.75 Å². The number of phenolic OH excluding ortho intramolecular Hbond substituents is 1. The molecule has 0 aliphatic rings. The number of aryl methyl sites for hydroxylation is 1. The molecule has 0 aromatic heterocycles. The van der Waals surface area contributed by atoms with Crippen molar-refractivity contribution in [2.24, 2.45) is 0 Å². The lowest BCUT2D eigenvalue weighted by atomic mass is 10.1. The topological polar surface area (TPSA) is 20.2 Å². The summed E-state index contributed by atoms with van der Waals surface area (Å²) in [6, 6.07) is 1.66. The quantitative estimate of drug-likeness (QED) is 0.730. The smallest absolute Gasteiger partial charge is 0.119 e. The highest BCUT2D eigenvalue weighted by molar-refractivity contribution is 9.10. The van der Waals surface area contributed by atoms with Crippen LogP contribution in [0.4, 0.5) is 0 Å². The maximum atomic E-state index is 9.32. The Balaban J connectivity index is 3.46. The van der Waals surface area contributed by atoms with E-state index in [1.807, 2.05) is 13.8 Å². The first kappa shape index (κ1) is 8.88. The molecule has 3 heteroatoms. The third-order valence-corrected chi connectivity index (χ3v) is 3.31. The maximum absolute atomic E-state index is 9.32. The predicted molar refractivity (Wildman–Crippen MR) is 50.3 cm³/mol. The van der Waals surface area contributed by atoms with Gasteiger partial charge in [0.05, 0.1) is 5.02 Å². The van der Waals surface area contributed by atoms with E-state index in [9.17, 15) is 5.11 Å². The molecule has 1 aromatic rings. The minimum Gasteiger partial charge on any atom is -0.508 e. The molecular weight excluding hydrogens is 227 g/mol. The maximum Gasteiger partial charge on any atom is 0.119 e. The average molecular weight is 236 g/mol. The van der Waals surface area contributed by atoms with Crippen molar-refractivity contribution < 1.29 is 5.11 Å². The number of benzene rings is 1. The highest BCUT2D eigenvalue weighted by atomic mass is 79.9. The second kappa shape index (κ2) is 3.03. The first-order valence-electron chi connectivity index (χ1n) is 3.18. The Labute approximate surface area is 79.1 Å². The molecule has 0 aliphatic carbocycles. The molecular formula is C8H8BrClO. The van der Waals surface area contributed by atoms with Crippen molar-refractivity contribution in [1.82, 2.24) is 0 Å². The van der Waals surface area contributed by atoms with E-state index < -0.39 is 0 Å². The molecule has 1 aromatic carbocycles. The van der Waals surface area contributed by atoms with E-state index in [1.165, 1.54) is 0 Å². The first-order valence-corrected chi connectivity index (χ1v) is 4.35. The molecule has 0 spiro atoms. The Morgan fingerprint density at radius 3 is 2.55 bits per heavy atom. The van der Waals surface area contributed by atoms with E-state index in [2.05, 4.69) is 15.9 Å². The van der Waals surface area contributed by atoms with Crippen molar-refractivity contribution in [2.45, 2.75) is 13.8 Å². The fourth-order valence-corrected chi connectivity index (χ4v) is 1.54. The molecule has 0 unspecified atom stereocenters. The van der Waals surface area contributed by atoms with E-state index in [-0.39, 0.29) is 5.75 Å². The van der Waals surface area contributed by atoms with Gasteiger partial charge < -0.3 is 5.11 Å². The first-order chi connectivity index (χ1) is 5.04. The fourth-order valence-electron chi connectivity index (χ4n) is 0.827. The third-order valence-electron chi connectivity index (χ3n) is 1.61. The van der Waals surface area contributed by atoms with Crippen molar-refractivity contribution in [3.05, 3.63) is 26.7 Å². The van der Waals surface area contributed by atoms with Crippen LogP contribution in [0.5, 0.6) is 5.75 Å². The zero-order chi connectivity index (χ0) is 8.59. The van der Waals surface area contributed by atoms with Gasteiger partial charge in [0, 0.05) is 10.0 Å². The molecule has 11 heavy (non-hydrogen) atoms. The molecule has 1 rings (SSSR count). The van der Waals surface area contributed by atoms with Gasteiger partial charge in [-0.1, -0.05) is 11.6 Å². The van der Waals surface area contributed by atoms with Crippen LogP contribution < -0.4 is 0 Å². The van der Waals surface area contributed by atoms with Crippen LogP contribution >= 0.6 is 27.5 Å². The van der Waals surface area contributed by atoms with Gasteiger partial charge in [-0.05, 0) is 41.4 Å². The van der Waals surface area contributed by atoms with Crippen LogP contribution in [-0.2, 0) is 0 Å². The van der Waals surface area contributed by atoms with E-state index in [1.54, 1.807) is 6.07 Å². The van der Waals surface area contributed by atoms with Crippen LogP contribution in [0.25, 0.3) is 0 Å². The minimum absolute atomic E-state index is 0.277. The van der Waals surface area contributed by atoms with Gasteiger partial charge in [-0.2, -0.15) is 0 Å². The number of phenols is 1. The number of hydrogen-bond donors (Lipinski definition) is 1. The van der Waals surface area contributed by atoms with Gasteiger partial charge in [0.15, 0.2) is 0 Å². The molecule has 0 atom stereocenters. The molecule has 0 heterocycles. The lowest BCUT2D eigenvalue weighted by Gasteiger charge is -2.06. The zero-order valence-electron chi connectivity index (χ0n) is 6.28. The lowest BCUT2D eigenvalue weighted by Crippen LogP contribution is -1.82. The molecule has 0 bridgehead atoms. The zero-order valence-corrected chi connectivity index (χ0v) is 8.62. The molecule has 0 saturated heterocycles.